The lowest BCUT2D eigenvalue weighted by Gasteiger charge is -2.24. The number of ether oxygens (including phenoxy) is 1. The van der Waals surface area contributed by atoms with Crippen LogP contribution in [0.25, 0.3) is 11.0 Å². The minimum absolute atomic E-state index is 0.0565. The maximum atomic E-state index is 13.2. The number of likely N-dealkylation sites (tertiary alicyclic amines) is 1. The van der Waals surface area contributed by atoms with Crippen LogP contribution in [-0.4, -0.2) is 29.4 Å². The Hall–Kier alpha value is -2.82. The molecule has 0 radical (unpaired) electrons. The molecule has 1 atom stereocenters. The van der Waals surface area contributed by atoms with Crippen LogP contribution in [0.5, 0.6) is 5.75 Å². The number of aryl methyl sites for hydroxylation is 1. The molecular formula is C20H20N2O3. The van der Waals surface area contributed by atoms with Gasteiger partial charge in [0.15, 0.2) is 5.76 Å². The van der Waals surface area contributed by atoms with Crippen LogP contribution in [-0.2, 0) is 0 Å². The molecule has 0 N–H and O–H groups in total. The Kier molecular flexibility index (Phi) is 3.92. The van der Waals surface area contributed by atoms with Crippen LogP contribution in [0.3, 0.4) is 0 Å². The van der Waals surface area contributed by atoms with E-state index in [2.05, 4.69) is 4.98 Å². The fraction of sp³-hybridized carbons (Fsp3) is 0.300. The van der Waals surface area contributed by atoms with Crippen LogP contribution in [0.1, 0.15) is 40.6 Å². The zero-order valence-electron chi connectivity index (χ0n) is 14.4. The minimum Gasteiger partial charge on any atom is -0.497 e. The molecular weight excluding hydrogens is 316 g/mol. The number of nitrogens with zero attached hydrogens (tertiary/aromatic N) is 2. The Morgan fingerprint density at radius 2 is 2.24 bits per heavy atom. The van der Waals surface area contributed by atoms with Crippen molar-refractivity contribution in [1.82, 2.24) is 9.88 Å². The Morgan fingerprint density at radius 1 is 1.36 bits per heavy atom. The Balaban J connectivity index is 1.70. The van der Waals surface area contributed by atoms with Crippen molar-refractivity contribution >= 4 is 16.9 Å². The molecule has 4 rings (SSSR count). The molecule has 0 spiro atoms. The summed E-state index contributed by atoms with van der Waals surface area (Å²) < 4.78 is 11.2. The van der Waals surface area contributed by atoms with Crippen molar-refractivity contribution < 1.29 is 13.9 Å². The van der Waals surface area contributed by atoms with E-state index in [1.807, 2.05) is 48.4 Å². The van der Waals surface area contributed by atoms with Crippen LogP contribution in [0.2, 0.25) is 0 Å². The normalized spacial score (nSPS) is 17.2. The van der Waals surface area contributed by atoms with Gasteiger partial charge in [0.05, 0.1) is 13.2 Å². The van der Waals surface area contributed by atoms with Crippen molar-refractivity contribution in [3.8, 4) is 5.75 Å². The zero-order chi connectivity index (χ0) is 17.4. The summed E-state index contributed by atoms with van der Waals surface area (Å²) in [6.45, 7) is 2.67. The molecule has 1 aliphatic rings. The molecule has 1 saturated heterocycles. The monoisotopic (exact) mass is 336 g/mol. The predicted molar refractivity (Wildman–Crippen MR) is 94.8 cm³/mol. The van der Waals surface area contributed by atoms with Crippen LogP contribution >= 0.6 is 0 Å². The molecule has 128 valence electrons. The number of carbonyl (C=O) groups excluding carboxylic acids is 1. The third-order valence-corrected chi connectivity index (χ3v) is 4.92. The molecule has 3 heterocycles. The third-order valence-electron chi connectivity index (χ3n) is 4.92. The van der Waals surface area contributed by atoms with Crippen LogP contribution in [0.15, 0.2) is 47.1 Å². The van der Waals surface area contributed by atoms with Gasteiger partial charge >= 0.3 is 0 Å². The summed E-state index contributed by atoms with van der Waals surface area (Å²) in [6.07, 6.45) is 5.52. The van der Waals surface area contributed by atoms with E-state index in [1.165, 1.54) is 0 Å². The van der Waals surface area contributed by atoms with Gasteiger partial charge in [-0.05, 0) is 43.5 Å². The molecule has 3 aromatic rings. The second kappa shape index (κ2) is 6.24. The maximum Gasteiger partial charge on any atom is 0.290 e. The van der Waals surface area contributed by atoms with Gasteiger partial charge in [-0.1, -0.05) is 6.07 Å². The number of aromatic nitrogens is 1. The van der Waals surface area contributed by atoms with Gasteiger partial charge in [-0.25, -0.2) is 0 Å². The first-order valence-corrected chi connectivity index (χ1v) is 8.47. The summed E-state index contributed by atoms with van der Waals surface area (Å²) in [5, 5.41) is 0.946. The van der Waals surface area contributed by atoms with Gasteiger partial charge in [-0.3, -0.25) is 9.78 Å². The SMILES string of the molecule is COc1ccc2c(C)c(C(=O)N3CCC[C@H]3c3cccnc3)oc2c1. The van der Waals surface area contributed by atoms with Crippen LogP contribution < -0.4 is 4.74 Å². The molecule has 2 aromatic heterocycles. The topological polar surface area (TPSA) is 55.6 Å². The number of hydrogen-bond donors (Lipinski definition) is 0. The van der Waals surface area contributed by atoms with E-state index in [0.29, 0.717) is 11.3 Å². The van der Waals surface area contributed by atoms with Gasteiger partial charge in [-0.2, -0.15) is 0 Å². The number of fused-ring (bicyclic) bond motifs is 1. The van der Waals surface area contributed by atoms with Crippen molar-refractivity contribution in [3.63, 3.8) is 0 Å². The number of rotatable bonds is 3. The molecule has 1 aliphatic heterocycles. The van der Waals surface area contributed by atoms with Crippen molar-refractivity contribution in [3.05, 3.63) is 59.6 Å². The number of methoxy groups -OCH3 is 1. The largest absolute Gasteiger partial charge is 0.497 e. The van der Waals surface area contributed by atoms with Gasteiger partial charge in [0.1, 0.15) is 11.3 Å². The Bertz CT molecular complexity index is 917. The average Bonchev–Trinajstić information content (AvgIpc) is 3.27. The van der Waals surface area contributed by atoms with Gasteiger partial charge in [-0.15, -0.1) is 0 Å². The van der Waals surface area contributed by atoms with Gasteiger partial charge in [0.2, 0.25) is 0 Å². The van der Waals surface area contributed by atoms with Gasteiger partial charge in [0, 0.05) is 36.0 Å². The maximum absolute atomic E-state index is 13.2. The first-order valence-electron chi connectivity index (χ1n) is 8.47. The van der Waals surface area contributed by atoms with Gasteiger partial charge < -0.3 is 14.1 Å². The van der Waals surface area contributed by atoms with Crippen LogP contribution in [0.4, 0.5) is 0 Å². The van der Waals surface area contributed by atoms with Crippen molar-refractivity contribution in [1.29, 1.82) is 0 Å². The number of furan rings is 1. The summed E-state index contributed by atoms with van der Waals surface area (Å²) in [6, 6.07) is 9.64. The average molecular weight is 336 g/mol. The quantitative estimate of drug-likeness (QED) is 0.722. The lowest BCUT2D eigenvalue weighted by Crippen LogP contribution is -2.30. The third kappa shape index (κ3) is 2.65. The highest BCUT2D eigenvalue weighted by Gasteiger charge is 2.33. The standard InChI is InChI=1S/C20H20N2O3/c1-13-16-8-7-15(24-2)11-18(16)25-19(13)20(23)22-10-4-6-17(22)14-5-3-9-21-12-14/h3,5,7-9,11-12,17H,4,6,10H2,1-2H3/t17-/m0/s1. The summed E-state index contributed by atoms with van der Waals surface area (Å²) in [7, 11) is 1.62. The lowest BCUT2D eigenvalue weighted by molar-refractivity contribution is 0.0704. The second-order valence-electron chi connectivity index (χ2n) is 6.36. The first kappa shape index (κ1) is 15.7. The Labute approximate surface area is 146 Å². The molecule has 0 saturated carbocycles. The van der Waals surface area contributed by atoms with Crippen molar-refractivity contribution in [2.24, 2.45) is 0 Å². The summed E-state index contributed by atoms with van der Waals surface area (Å²) >= 11 is 0. The summed E-state index contributed by atoms with van der Waals surface area (Å²) in [4.78, 5) is 19.2. The highest BCUT2D eigenvalue weighted by atomic mass is 16.5. The molecule has 0 unspecified atom stereocenters. The molecule has 0 bridgehead atoms. The number of amides is 1. The highest BCUT2D eigenvalue weighted by molar-refractivity contribution is 5.99. The molecule has 0 aliphatic carbocycles. The fourth-order valence-electron chi connectivity index (χ4n) is 3.60. The second-order valence-corrected chi connectivity index (χ2v) is 6.36. The minimum atomic E-state index is -0.0565. The number of benzene rings is 1. The number of carbonyl (C=O) groups is 1. The van der Waals surface area contributed by atoms with E-state index >= 15 is 0 Å². The molecule has 1 aromatic carbocycles. The fourth-order valence-corrected chi connectivity index (χ4v) is 3.60. The van der Waals surface area contributed by atoms with Crippen molar-refractivity contribution in [2.75, 3.05) is 13.7 Å². The molecule has 5 heteroatoms. The molecule has 25 heavy (non-hydrogen) atoms. The zero-order valence-corrected chi connectivity index (χ0v) is 14.4. The van der Waals surface area contributed by atoms with Crippen LogP contribution in [0, 0.1) is 6.92 Å². The molecule has 5 nitrogen and oxygen atoms in total. The number of hydrogen-bond acceptors (Lipinski definition) is 4. The predicted octanol–water partition coefficient (Wildman–Crippen LogP) is 4.12. The van der Waals surface area contributed by atoms with E-state index in [4.69, 9.17) is 9.15 Å². The van der Waals surface area contributed by atoms with E-state index in [1.54, 1.807) is 13.3 Å². The molecule has 1 fully saturated rings. The summed E-state index contributed by atoms with van der Waals surface area (Å²) in [5.74, 6) is 1.08. The smallest absolute Gasteiger partial charge is 0.290 e. The van der Waals surface area contributed by atoms with E-state index in [0.717, 1.165) is 41.6 Å². The Morgan fingerprint density at radius 3 is 3.00 bits per heavy atom. The van der Waals surface area contributed by atoms with Crippen molar-refractivity contribution in [2.45, 2.75) is 25.8 Å². The van der Waals surface area contributed by atoms with Gasteiger partial charge in [0.25, 0.3) is 5.91 Å². The van der Waals surface area contributed by atoms with E-state index < -0.39 is 0 Å². The first-order chi connectivity index (χ1) is 12.2. The summed E-state index contributed by atoms with van der Waals surface area (Å²) in [5.41, 5.74) is 2.63. The van der Waals surface area contributed by atoms with E-state index in [-0.39, 0.29) is 11.9 Å². The van der Waals surface area contributed by atoms with E-state index in [9.17, 15) is 4.79 Å². The molecule has 1 amide bonds. The highest BCUT2D eigenvalue weighted by Crippen LogP contribution is 2.35. The number of pyridine rings is 1. The lowest BCUT2D eigenvalue weighted by atomic mass is 10.1.